The van der Waals surface area contributed by atoms with E-state index in [1.807, 2.05) is 42.2 Å². The van der Waals surface area contributed by atoms with Crippen LogP contribution in [0.5, 0.6) is 11.5 Å². The number of carbonyl (C=O) groups is 2. The van der Waals surface area contributed by atoms with Gasteiger partial charge in [0.15, 0.2) is 5.78 Å². The van der Waals surface area contributed by atoms with Crippen molar-refractivity contribution in [1.82, 2.24) is 0 Å². The van der Waals surface area contributed by atoms with Crippen LogP contribution in [-0.4, -0.2) is 25.9 Å². The van der Waals surface area contributed by atoms with Gasteiger partial charge >= 0.3 is 0 Å². The minimum absolute atomic E-state index is 0.0207. The van der Waals surface area contributed by atoms with Crippen LogP contribution in [0.2, 0.25) is 0 Å². The Balaban J connectivity index is 1.93. The molecule has 1 aliphatic carbocycles. The zero-order chi connectivity index (χ0) is 22.1. The van der Waals surface area contributed by atoms with Crippen LogP contribution >= 0.6 is 0 Å². The molecule has 1 heterocycles. The molecule has 2 aliphatic rings. The van der Waals surface area contributed by atoms with Gasteiger partial charge in [-0.05, 0) is 55.5 Å². The van der Waals surface area contributed by atoms with E-state index < -0.39 is 0 Å². The molecule has 0 radical (unpaired) electrons. The number of hydrogen-bond acceptors (Lipinski definition) is 4. The summed E-state index contributed by atoms with van der Waals surface area (Å²) in [7, 11) is 3.22. The molecule has 31 heavy (non-hydrogen) atoms. The van der Waals surface area contributed by atoms with Gasteiger partial charge in [0.2, 0.25) is 5.91 Å². The molecule has 0 saturated carbocycles. The number of methoxy groups -OCH3 is 2. The highest BCUT2D eigenvalue weighted by molar-refractivity contribution is 6.08. The Morgan fingerprint density at radius 1 is 1.06 bits per heavy atom. The second-order valence-electron chi connectivity index (χ2n) is 8.17. The molecule has 0 bridgehead atoms. The number of aryl methyl sites for hydroxylation is 2. The van der Waals surface area contributed by atoms with E-state index in [0.717, 1.165) is 46.5 Å². The maximum Gasteiger partial charge on any atom is 0.232 e. The molecule has 162 valence electrons. The average molecular weight is 420 g/mol. The summed E-state index contributed by atoms with van der Waals surface area (Å²) in [5.74, 6) is 1.17. The molecule has 1 atom stereocenters. The summed E-state index contributed by atoms with van der Waals surface area (Å²) in [4.78, 5) is 28.7. The van der Waals surface area contributed by atoms with Crippen molar-refractivity contribution in [2.45, 2.75) is 51.9 Å². The first-order valence-corrected chi connectivity index (χ1v) is 10.9. The van der Waals surface area contributed by atoms with Crippen molar-refractivity contribution in [2.24, 2.45) is 0 Å². The number of allylic oxidation sites excluding steroid dienone is 2. The van der Waals surface area contributed by atoms with Gasteiger partial charge in [-0.1, -0.05) is 25.1 Å². The number of amides is 1. The lowest BCUT2D eigenvalue weighted by atomic mass is 9.76. The number of nitrogens with zero attached hydrogens (tertiary/aromatic N) is 1. The highest BCUT2D eigenvalue weighted by atomic mass is 16.5. The van der Waals surface area contributed by atoms with Gasteiger partial charge in [0, 0.05) is 35.6 Å². The first-order valence-electron chi connectivity index (χ1n) is 10.9. The monoisotopic (exact) mass is 419 g/mol. The first-order chi connectivity index (χ1) is 15.0. The van der Waals surface area contributed by atoms with Crippen LogP contribution < -0.4 is 14.4 Å². The van der Waals surface area contributed by atoms with Gasteiger partial charge in [-0.25, -0.2) is 0 Å². The molecule has 0 spiro atoms. The number of ketones is 1. The standard InChI is InChI=1S/C26H29NO4/c1-5-17-9-6-8-16(2)26(17)27-21-10-7-11-22(28)25(21)20(15-24(27)29)19-14-18(30-3)12-13-23(19)31-4/h6,8-9,12-14,20H,5,7,10-11,15H2,1-4H3. The number of rotatable bonds is 5. The largest absolute Gasteiger partial charge is 0.497 e. The summed E-state index contributed by atoms with van der Waals surface area (Å²) >= 11 is 0. The number of benzene rings is 2. The first kappa shape index (κ1) is 21.2. The normalized spacial score (nSPS) is 18.8. The predicted molar refractivity (Wildman–Crippen MR) is 121 cm³/mol. The van der Waals surface area contributed by atoms with Gasteiger partial charge in [0.1, 0.15) is 11.5 Å². The van der Waals surface area contributed by atoms with Gasteiger partial charge in [-0.2, -0.15) is 0 Å². The maximum absolute atomic E-state index is 13.6. The van der Waals surface area contributed by atoms with Crippen molar-refractivity contribution < 1.29 is 19.1 Å². The van der Waals surface area contributed by atoms with Gasteiger partial charge in [-0.15, -0.1) is 0 Å². The van der Waals surface area contributed by atoms with Gasteiger partial charge in [0.05, 0.1) is 19.9 Å². The number of para-hydroxylation sites is 1. The van der Waals surface area contributed by atoms with Crippen LogP contribution in [0.15, 0.2) is 47.7 Å². The van der Waals surface area contributed by atoms with E-state index in [0.29, 0.717) is 24.3 Å². The Morgan fingerprint density at radius 2 is 1.87 bits per heavy atom. The third kappa shape index (κ3) is 3.62. The molecule has 5 heteroatoms. The van der Waals surface area contributed by atoms with Gasteiger partial charge < -0.3 is 9.47 Å². The van der Waals surface area contributed by atoms with Crippen LogP contribution in [0.25, 0.3) is 0 Å². The molecule has 0 saturated heterocycles. The second-order valence-corrected chi connectivity index (χ2v) is 8.17. The highest BCUT2D eigenvalue weighted by Crippen LogP contribution is 2.47. The summed E-state index contributed by atoms with van der Waals surface area (Å²) in [5.41, 5.74) is 5.55. The number of Topliss-reactive ketones (excluding diaryl/α,β-unsaturated/α-hetero) is 1. The molecular formula is C26H29NO4. The molecule has 0 aromatic heterocycles. The van der Waals surface area contributed by atoms with E-state index in [-0.39, 0.29) is 24.0 Å². The van der Waals surface area contributed by atoms with E-state index in [1.54, 1.807) is 14.2 Å². The number of hydrogen-bond donors (Lipinski definition) is 0. The molecule has 5 nitrogen and oxygen atoms in total. The summed E-state index contributed by atoms with van der Waals surface area (Å²) in [6, 6.07) is 11.7. The highest BCUT2D eigenvalue weighted by Gasteiger charge is 2.41. The van der Waals surface area contributed by atoms with Crippen molar-refractivity contribution in [3.8, 4) is 11.5 Å². The quantitative estimate of drug-likeness (QED) is 0.676. The van der Waals surface area contributed by atoms with E-state index in [1.165, 1.54) is 0 Å². The van der Waals surface area contributed by atoms with E-state index in [2.05, 4.69) is 13.0 Å². The fourth-order valence-corrected chi connectivity index (χ4v) is 4.95. The SMILES string of the molecule is CCc1cccc(C)c1N1C(=O)CC(c2cc(OC)ccc2OC)C2=C1CCCC2=O. The van der Waals surface area contributed by atoms with Crippen LogP contribution in [0.3, 0.4) is 0 Å². The molecule has 2 aromatic carbocycles. The fraction of sp³-hybridized carbons (Fsp3) is 0.385. The zero-order valence-electron chi connectivity index (χ0n) is 18.7. The van der Waals surface area contributed by atoms with Crippen molar-refractivity contribution in [1.29, 1.82) is 0 Å². The number of carbonyl (C=O) groups excluding carboxylic acids is 2. The van der Waals surface area contributed by atoms with Gasteiger partial charge in [-0.3, -0.25) is 14.5 Å². The van der Waals surface area contributed by atoms with Crippen molar-refractivity contribution in [2.75, 3.05) is 19.1 Å². The molecule has 1 aliphatic heterocycles. The maximum atomic E-state index is 13.6. The van der Waals surface area contributed by atoms with Crippen LogP contribution in [-0.2, 0) is 16.0 Å². The summed E-state index contributed by atoms with van der Waals surface area (Å²) < 4.78 is 11.0. The van der Waals surface area contributed by atoms with Crippen molar-refractivity contribution >= 4 is 17.4 Å². The molecular weight excluding hydrogens is 390 g/mol. The lowest BCUT2D eigenvalue weighted by Gasteiger charge is -2.40. The molecule has 4 rings (SSSR count). The fourth-order valence-electron chi connectivity index (χ4n) is 4.95. The van der Waals surface area contributed by atoms with Crippen molar-refractivity contribution in [3.63, 3.8) is 0 Å². The minimum Gasteiger partial charge on any atom is -0.497 e. The molecule has 2 aromatic rings. The predicted octanol–water partition coefficient (Wildman–Crippen LogP) is 5.10. The van der Waals surface area contributed by atoms with Gasteiger partial charge in [0.25, 0.3) is 0 Å². The molecule has 0 fully saturated rings. The summed E-state index contributed by atoms with van der Waals surface area (Å²) in [6.07, 6.45) is 3.04. The lowest BCUT2D eigenvalue weighted by molar-refractivity contribution is -0.120. The average Bonchev–Trinajstić information content (AvgIpc) is 2.78. The Hall–Kier alpha value is -3.08. The number of ether oxygens (including phenoxy) is 2. The molecule has 0 N–H and O–H groups in total. The second kappa shape index (κ2) is 8.58. The Morgan fingerprint density at radius 3 is 2.58 bits per heavy atom. The van der Waals surface area contributed by atoms with E-state index in [9.17, 15) is 9.59 Å². The lowest BCUT2D eigenvalue weighted by Crippen LogP contribution is -2.41. The Bertz CT molecular complexity index is 1070. The topological polar surface area (TPSA) is 55.8 Å². The number of anilines is 1. The van der Waals surface area contributed by atoms with Crippen LogP contribution in [0.1, 0.15) is 55.2 Å². The third-order valence-electron chi connectivity index (χ3n) is 6.41. The van der Waals surface area contributed by atoms with E-state index in [4.69, 9.17) is 9.47 Å². The zero-order valence-corrected chi connectivity index (χ0v) is 18.7. The minimum atomic E-state index is -0.328. The smallest absolute Gasteiger partial charge is 0.232 e. The van der Waals surface area contributed by atoms with Crippen molar-refractivity contribution in [3.05, 3.63) is 64.4 Å². The van der Waals surface area contributed by atoms with Crippen LogP contribution in [0.4, 0.5) is 5.69 Å². The third-order valence-corrected chi connectivity index (χ3v) is 6.41. The van der Waals surface area contributed by atoms with E-state index >= 15 is 0 Å². The Kier molecular flexibility index (Phi) is 5.86. The van der Waals surface area contributed by atoms with Crippen LogP contribution in [0, 0.1) is 6.92 Å². The molecule has 1 amide bonds. The molecule has 1 unspecified atom stereocenters. The summed E-state index contributed by atoms with van der Waals surface area (Å²) in [5, 5.41) is 0. The Labute approximate surface area is 183 Å². The summed E-state index contributed by atoms with van der Waals surface area (Å²) in [6.45, 7) is 4.13.